The lowest BCUT2D eigenvalue weighted by atomic mass is 9.97. The van der Waals surface area contributed by atoms with Crippen LogP contribution in [0.15, 0.2) is 18.2 Å². The lowest BCUT2D eigenvalue weighted by Crippen LogP contribution is -2.30. The maximum Gasteiger partial charge on any atom is 0.320 e. The lowest BCUT2D eigenvalue weighted by molar-refractivity contribution is -0.386. The summed E-state index contributed by atoms with van der Waals surface area (Å²) in [6, 6.07) is 4.45. The van der Waals surface area contributed by atoms with Gasteiger partial charge in [-0.3, -0.25) is 19.7 Å². The van der Waals surface area contributed by atoms with Gasteiger partial charge >= 0.3 is 17.6 Å². The van der Waals surface area contributed by atoms with E-state index in [1.54, 1.807) is 19.9 Å². The van der Waals surface area contributed by atoms with E-state index in [-0.39, 0.29) is 36.6 Å². The molecule has 0 saturated heterocycles. The number of hydrogen-bond acceptors (Lipinski definition) is 7. The molecule has 0 aliphatic rings. The molecule has 23 heavy (non-hydrogen) atoms. The molecule has 126 valence electrons. The largest absolute Gasteiger partial charge is 0.490 e. The Morgan fingerprint density at radius 3 is 2.17 bits per heavy atom. The number of esters is 2. The number of methoxy groups -OCH3 is 1. The third-order valence-electron chi connectivity index (χ3n) is 3.05. The SMILES string of the molecule is CCOC(=O)C(Cc1cccc(OC)c1[N+](=O)[O-])C(=O)OCC. The molecule has 0 saturated carbocycles. The van der Waals surface area contributed by atoms with Crippen molar-refractivity contribution in [2.24, 2.45) is 5.92 Å². The molecular formula is C15H19NO7. The monoisotopic (exact) mass is 325 g/mol. The fourth-order valence-electron chi connectivity index (χ4n) is 2.07. The van der Waals surface area contributed by atoms with Crippen molar-refractivity contribution in [3.63, 3.8) is 0 Å². The molecule has 0 aliphatic carbocycles. The first-order valence-electron chi connectivity index (χ1n) is 7.09. The van der Waals surface area contributed by atoms with E-state index in [1.165, 1.54) is 19.2 Å². The number of nitrogens with zero attached hydrogens (tertiary/aromatic N) is 1. The van der Waals surface area contributed by atoms with Crippen molar-refractivity contribution in [3.8, 4) is 5.75 Å². The van der Waals surface area contributed by atoms with E-state index in [0.29, 0.717) is 0 Å². The second-order valence-electron chi connectivity index (χ2n) is 4.49. The minimum atomic E-state index is -1.26. The van der Waals surface area contributed by atoms with Crippen molar-refractivity contribution in [3.05, 3.63) is 33.9 Å². The van der Waals surface area contributed by atoms with Crippen LogP contribution in [0.25, 0.3) is 0 Å². The van der Waals surface area contributed by atoms with Gasteiger partial charge in [-0.15, -0.1) is 0 Å². The summed E-state index contributed by atoms with van der Waals surface area (Å²) in [6.07, 6.45) is -0.203. The zero-order valence-corrected chi connectivity index (χ0v) is 13.2. The molecule has 1 rings (SSSR count). The molecule has 0 spiro atoms. The van der Waals surface area contributed by atoms with Gasteiger partial charge < -0.3 is 14.2 Å². The quantitative estimate of drug-likeness (QED) is 0.311. The van der Waals surface area contributed by atoms with Crippen LogP contribution in [0.3, 0.4) is 0 Å². The highest BCUT2D eigenvalue weighted by Crippen LogP contribution is 2.32. The smallest absolute Gasteiger partial charge is 0.320 e. The second kappa shape index (κ2) is 8.72. The zero-order valence-electron chi connectivity index (χ0n) is 13.2. The van der Waals surface area contributed by atoms with E-state index < -0.39 is 22.8 Å². The van der Waals surface area contributed by atoms with Crippen molar-refractivity contribution in [2.45, 2.75) is 20.3 Å². The Hall–Kier alpha value is -2.64. The molecule has 0 N–H and O–H groups in total. The zero-order chi connectivity index (χ0) is 17.4. The van der Waals surface area contributed by atoms with Crippen molar-refractivity contribution in [1.82, 2.24) is 0 Å². The molecule has 0 unspecified atom stereocenters. The predicted octanol–water partition coefficient (Wildman–Crippen LogP) is 1.89. The van der Waals surface area contributed by atoms with E-state index in [9.17, 15) is 19.7 Å². The molecule has 8 nitrogen and oxygen atoms in total. The maximum absolute atomic E-state index is 12.0. The van der Waals surface area contributed by atoms with Crippen LogP contribution >= 0.6 is 0 Å². The Bertz CT molecular complexity index is 567. The molecule has 0 atom stereocenters. The summed E-state index contributed by atoms with van der Waals surface area (Å²) in [6.45, 7) is 3.39. The van der Waals surface area contributed by atoms with Gasteiger partial charge in [0, 0.05) is 12.0 Å². The molecule has 0 heterocycles. The Labute approximate surface area is 133 Å². The number of hydrogen-bond donors (Lipinski definition) is 0. The van der Waals surface area contributed by atoms with Gasteiger partial charge in [-0.1, -0.05) is 12.1 Å². The van der Waals surface area contributed by atoms with Gasteiger partial charge in [-0.25, -0.2) is 0 Å². The summed E-state index contributed by atoms with van der Waals surface area (Å²) >= 11 is 0. The summed E-state index contributed by atoms with van der Waals surface area (Å²) in [5.41, 5.74) is -0.0888. The Kier molecular flexibility index (Phi) is 6.98. The van der Waals surface area contributed by atoms with Crippen LogP contribution in [-0.2, 0) is 25.5 Å². The van der Waals surface area contributed by atoms with E-state index in [2.05, 4.69) is 0 Å². The third-order valence-corrected chi connectivity index (χ3v) is 3.05. The first kappa shape index (κ1) is 18.4. The van der Waals surface area contributed by atoms with Gasteiger partial charge in [0.25, 0.3) is 0 Å². The fourth-order valence-corrected chi connectivity index (χ4v) is 2.07. The van der Waals surface area contributed by atoms with Crippen LogP contribution in [0.2, 0.25) is 0 Å². The number of carbonyl (C=O) groups is 2. The Morgan fingerprint density at radius 2 is 1.74 bits per heavy atom. The average Bonchev–Trinajstić information content (AvgIpc) is 2.52. The van der Waals surface area contributed by atoms with Crippen molar-refractivity contribution >= 4 is 17.6 Å². The van der Waals surface area contributed by atoms with E-state index >= 15 is 0 Å². The van der Waals surface area contributed by atoms with Gasteiger partial charge in [-0.05, 0) is 19.9 Å². The van der Waals surface area contributed by atoms with Crippen LogP contribution in [-0.4, -0.2) is 37.2 Å². The van der Waals surface area contributed by atoms with Gasteiger partial charge in [-0.2, -0.15) is 0 Å². The first-order chi connectivity index (χ1) is 11.0. The second-order valence-corrected chi connectivity index (χ2v) is 4.49. The molecular weight excluding hydrogens is 306 g/mol. The molecule has 0 radical (unpaired) electrons. The number of ether oxygens (including phenoxy) is 3. The molecule has 1 aromatic rings. The molecule has 1 aromatic carbocycles. The highest BCUT2D eigenvalue weighted by molar-refractivity contribution is 5.95. The first-order valence-corrected chi connectivity index (χ1v) is 7.09. The summed E-state index contributed by atoms with van der Waals surface area (Å²) in [5, 5.41) is 11.3. The van der Waals surface area contributed by atoms with Crippen molar-refractivity contribution in [1.29, 1.82) is 0 Å². The van der Waals surface area contributed by atoms with E-state index in [0.717, 1.165) is 0 Å². The maximum atomic E-state index is 12.0. The topological polar surface area (TPSA) is 105 Å². The van der Waals surface area contributed by atoms with Crippen molar-refractivity contribution < 1.29 is 28.7 Å². The van der Waals surface area contributed by atoms with Crippen LogP contribution < -0.4 is 4.74 Å². The standard InChI is InChI=1S/C15H19NO7/c1-4-22-14(17)11(15(18)23-5-2)9-10-7-6-8-12(21-3)13(10)16(19)20/h6-8,11H,4-5,9H2,1-3H3. The predicted molar refractivity (Wildman–Crippen MR) is 80.1 cm³/mol. The number of para-hydroxylation sites is 1. The molecule has 0 aliphatic heterocycles. The van der Waals surface area contributed by atoms with Crippen LogP contribution in [0, 0.1) is 16.0 Å². The highest BCUT2D eigenvalue weighted by atomic mass is 16.6. The van der Waals surface area contributed by atoms with Crippen LogP contribution in [0.1, 0.15) is 19.4 Å². The summed E-state index contributed by atoms with van der Waals surface area (Å²) in [4.78, 5) is 34.6. The Morgan fingerprint density at radius 1 is 1.17 bits per heavy atom. The van der Waals surface area contributed by atoms with E-state index in [4.69, 9.17) is 14.2 Å². The number of benzene rings is 1. The van der Waals surface area contributed by atoms with E-state index in [1.807, 2.05) is 0 Å². The summed E-state index contributed by atoms with van der Waals surface area (Å²) in [7, 11) is 1.31. The highest BCUT2D eigenvalue weighted by Gasteiger charge is 2.33. The number of rotatable bonds is 8. The normalized spacial score (nSPS) is 10.3. The minimum absolute atomic E-state index is 0.0546. The lowest BCUT2D eigenvalue weighted by Gasteiger charge is -2.15. The molecule has 0 aromatic heterocycles. The Balaban J connectivity index is 3.20. The third kappa shape index (κ3) is 4.67. The molecule has 8 heteroatoms. The van der Waals surface area contributed by atoms with Gasteiger partial charge in [0.15, 0.2) is 11.7 Å². The number of nitro benzene ring substituents is 1. The fraction of sp³-hybridized carbons (Fsp3) is 0.467. The van der Waals surface area contributed by atoms with Crippen molar-refractivity contribution in [2.75, 3.05) is 20.3 Å². The summed E-state index contributed by atoms with van der Waals surface area (Å²) < 4.78 is 14.7. The molecule has 0 bridgehead atoms. The minimum Gasteiger partial charge on any atom is -0.490 e. The molecule has 0 fully saturated rings. The molecule has 0 amide bonds. The van der Waals surface area contributed by atoms with Crippen LogP contribution in [0.5, 0.6) is 5.75 Å². The number of carbonyl (C=O) groups excluding carboxylic acids is 2. The van der Waals surface area contributed by atoms with Gasteiger partial charge in [0.05, 0.1) is 25.2 Å². The summed E-state index contributed by atoms with van der Waals surface area (Å²) in [5.74, 6) is -2.76. The van der Waals surface area contributed by atoms with Crippen LogP contribution in [0.4, 0.5) is 5.69 Å². The van der Waals surface area contributed by atoms with Gasteiger partial charge in [0.1, 0.15) is 0 Å². The average molecular weight is 325 g/mol. The number of nitro groups is 1. The van der Waals surface area contributed by atoms with Gasteiger partial charge in [0.2, 0.25) is 0 Å².